The molecule has 1 heterocycles. The lowest BCUT2D eigenvalue weighted by molar-refractivity contribution is -0.903. The van der Waals surface area contributed by atoms with E-state index in [-0.39, 0.29) is 0 Å². The lowest BCUT2D eigenvalue weighted by Gasteiger charge is -2.30. The number of benzene rings is 2. The predicted molar refractivity (Wildman–Crippen MR) is 195 cm³/mol. The number of nitrogens with zero attached hydrogens (tertiary/aromatic N) is 2. The van der Waals surface area contributed by atoms with Crippen LogP contribution in [-0.4, -0.2) is 65.3 Å². The predicted octanol–water partition coefficient (Wildman–Crippen LogP) is 10.3. The highest BCUT2D eigenvalue weighted by molar-refractivity contribution is 7.92. The van der Waals surface area contributed by atoms with Crippen LogP contribution in [0.15, 0.2) is 40.1 Å². The Morgan fingerprint density at radius 2 is 1.04 bits per heavy atom. The van der Waals surface area contributed by atoms with Gasteiger partial charge in [0.25, 0.3) is 0 Å². The van der Waals surface area contributed by atoms with Gasteiger partial charge in [-0.1, -0.05) is 104 Å². The van der Waals surface area contributed by atoms with Crippen LogP contribution in [0.4, 0.5) is 0 Å². The largest absolute Gasteiger partial charge is 0.493 e. The zero-order valence-electron chi connectivity index (χ0n) is 30.8. The van der Waals surface area contributed by atoms with Gasteiger partial charge in [-0.25, -0.2) is 8.42 Å². The Bertz CT molecular complexity index is 1320. The van der Waals surface area contributed by atoms with Gasteiger partial charge in [-0.2, -0.15) is 0 Å². The summed E-state index contributed by atoms with van der Waals surface area (Å²) in [5.74, 6) is 0.734. The summed E-state index contributed by atoms with van der Waals surface area (Å²) in [7, 11) is 5.44. The molecular weight excluding hydrogens is 589 g/mol. The molecule has 0 aromatic heterocycles. The Kier molecular flexibility index (Phi) is 15.6. The highest BCUT2D eigenvalue weighted by atomic mass is 32.2. The van der Waals surface area contributed by atoms with Crippen LogP contribution < -0.4 is 4.74 Å². The van der Waals surface area contributed by atoms with Gasteiger partial charge in [0, 0.05) is 22.3 Å². The molecule has 0 bridgehead atoms. The third-order valence-corrected chi connectivity index (χ3v) is 11.5. The molecule has 1 aliphatic heterocycles. The first-order valence-electron chi connectivity index (χ1n) is 18.8. The van der Waals surface area contributed by atoms with Crippen molar-refractivity contribution in [2.45, 2.75) is 146 Å². The van der Waals surface area contributed by atoms with E-state index in [2.05, 4.69) is 61.1 Å². The van der Waals surface area contributed by atoms with Crippen LogP contribution in [0.3, 0.4) is 0 Å². The monoisotopic (exact) mass is 656 g/mol. The number of rotatable bonds is 24. The van der Waals surface area contributed by atoms with Crippen LogP contribution in [-0.2, 0) is 22.9 Å². The van der Waals surface area contributed by atoms with E-state index < -0.39 is 9.84 Å². The van der Waals surface area contributed by atoms with Crippen LogP contribution in [0.5, 0.6) is 5.75 Å². The Labute approximate surface area is 283 Å². The van der Waals surface area contributed by atoms with Gasteiger partial charge >= 0.3 is 0 Å². The summed E-state index contributed by atoms with van der Waals surface area (Å²) in [5.41, 5.74) is 3.70. The normalized spacial score (nSPS) is 14.0. The molecule has 46 heavy (non-hydrogen) atoms. The molecule has 5 nitrogen and oxygen atoms in total. The number of ether oxygens (including phenoxy) is 1. The SMILES string of the molecule is CCCCCCCC[N+](C)(C)Cc1ccc2c(c1)S(=O)(=O)c1cc(C[N+](C)(C)CCCCCCCC)cc(OCCCCCC)c1-2. The van der Waals surface area contributed by atoms with E-state index in [4.69, 9.17) is 4.74 Å². The van der Waals surface area contributed by atoms with E-state index in [0.717, 1.165) is 76.0 Å². The molecule has 2 aromatic carbocycles. The second kappa shape index (κ2) is 18.6. The first-order valence-corrected chi connectivity index (χ1v) is 20.2. The van der Waals surface area contributed by atoms with E-state index in [1.807, 2.05) is 18.2 Å². The summed E-state index contributed by atoms with van der Waals surface area (Å²) < 4.78 is 36.6. The second-order valence-corrected chi connectivity index (χ2v) is 17.3. The fourth-order valence-corrected chi connectivity index (χ4v) is 8.83. The van der Waals surface area contributed by atoms with Crippen molar-refractivity contribution in [2.24, 2.45) is 0 Å². The van der Waals surface area contributed by atoms with E-state index in [9.17, 15) is 8.42 Å². The minimum absolute atomic E-state index is 0.432. The van der Waals surface area contributed by atoms with Crippen molar-refractivity contribution in [3.63, 3.8) is 0 Å². The van der Waals surface area contributed by atoms with Crippen molar-refractivity contribution in [3.05, 3.63) is 41.5 Å². The van der Waals surface area contributed by atoms with Crippen molar-refractivity contribution >= 4 is 9.84 Å². The van der Waals surface area contributed by atoms with E-state index in [1.165, 1.54) is 89.9 Å². The minimum atomic E-state index is -3.64. The van der Waals surface area contributed by atoms with Crippen molar-refractivity contribution in [1.29, 1.82) is 0 Å². The summed E-state index contributed by atoms with van der Waals surface area (Å²) in [6, 6.07) is 10.2. The Balaban J connectivity index is 1.82. The van der Waals surface area contributed by atoms with Crippen molar-refractivity contribution in [3.8, 4) is 16.9 Å². The van der Waals surface area contributed by atoms with E-state index >= 15 is 0 Å². The molecule has 0 atom stereocenters. The maximum atomic E-state index is 14.2. The van der Waals surface area contributed by atoms with E-state index in [0.29, 0.717) is 16.4 Å². The third kappa shape index (κ3) is 11.7. The fraction of sp³-hybridized carbons (Fsp3) is 0.700. The number of hydrogen-bond acceptors (Lipinski definition) is 3. The zero-order valence-corrected chi connectivity index (χ0v) is 31.6. The molecule has 0 saturated heterocycles. The standard InChI is InChI=1S/C40H68N2O3S/c1-8-11-14-17-19-21-26-41(4,5)32-34-24-25-36-38(30-34)46(43,44)39-31-35(29-37(40(36)39)45-28-23-16-13-10-3)33-42(6,7)27-22-20-18-15-12-9-2/h24-25,29-31H,8-23,26-28,32-33H2,1-7H3/q+2. The molecule has 0 aliphatic carbocycles. The maximum absolute atomic E-state index is 14.2. The first kappa shape index (κ1) is 38.6. The minimum Gasteiger partial charge on any atom is -0.493 e. The second-order valence-electron chi connectivity index (χ2n) is 15.4. The number of unbranched alkanes of at least 4 members (excludes halogenated alkanes) is 13. The summed E-state index contributed by atoms with van der Waals surface area (Å²) >= 11 is 0. The molecule has 2 aromatic rings. The molecule has 1 aliphatic rings. The summed E-state index contributed by atoms with van der Waals surface area (Å²) in [5, 5.41) is 0. The summed E-state index contributed by atoms with van der Waals surface area (Å²) in [4.78, 5) is 0.884. The number of hydrogen-bond donors (Lipinski definition) is 0. The summed E-state index contributed by atoms with van der Waals surface area (Å²) in [6.45, 7) is 11.1. The molecule has 0 fully saturated rings. The number of sulfone groups is 1. The van der Waals surface area contributed by atoms with Crippen molar-refractivity contribution < 1.29 is 22.1 Å². The Hall–Kier alpha value is -1.89. The molecule has 0 spiro atoms. The van der Waals surface area contributed by atoms with Gasteiger partial charge in [0.1, 0.15) is 18.8 Å². The van der Waals surface area contributed by atoms with Gasteiger partial charge in [0.15, 0.2) is 0 Å². The molecule has 0 N–H and O–H groups in total. The Morgan fingerprint density at radius 3 is 1.61 bits per heavy atom. The Morgan fingerprint density at radius 1 is 0.565 bits per heavy atom. The molecule has 6 heteroatoms. The maximum Gasteiger partial charge on any atom is 0.207 e. The molecular formula is C40H68N2O3S+2. The molecule has 3 rings (SSSR count). The number of fused-ring (bicyclic) bond motifs is 3. The number of quaternary nitrogens is 2. The first-order chi connectivity index (χ1) is 21.9. The molecule has 0 radical (unpaired) electrons. The molecule has 0 amide bonds. The van der Waals surface area contributed by atoms with Crippen LogP contribution in [0.25, 0.3) is 11.1 Å². The zero-order chi connectivity index (χ0) is 33.6. The quantitative estimate of drug-likeness (QED) is 0.0712. The third-order valence-electron chi connectivity index (χ3n) is 9.73. The summed E-state index contributed by atoms with van der Waals surface area (Å²) in [6.07, 6.45) is 19.9. The van der Waals surface area contributed by atoms with Gasteiger partial charge in [-0.3, -0.25) is 0 Å². The average molecular weight is 657 g/mol. The van der Waals surface area contributed by atoms with Crippen LogP contribution >= 0.6 is 0 Å². The van der Waals surface area contributed by atoms with Crippen molar-refractivity contribution in [2.75, 3.05) is 47.9 Å². The van der Waals surface area contributed by atoms with Gasteiger partial charge in [-0.15, -0.1) is 0 Å². The van der Waals surface area contributed by atoms with Crippen LogP contribution in [0, 0.1) is 0 Å². The fourth-order valence-electron chi connectivity index (χ4n) is 7.04. The average Bonchev–Trinajstić information content (AvgIpc) is 3.22. The lowest BCUT2D eigenvalue weighted by atomic mass is 10.00. The lowest BCUT2D eigenvalue weighted by Crippen LogP contribution is -2.39. The molecule has 260 valence electrons. The van der Waals surface area contributed by atoms with Gasteiger partial charge in [0.05, 0.1) is 57.7 Å². The van der Waals surface area contributed by atoms with E-state index in [1.54, 1.807) is 0 Å². The van der Waals surface area contributed by atoms with Crippen LogP contribution in [0.2, 0.25) is 0 Å². The van der Waals surface area contributed by atoms with Crippen molar-refractivity contribution in [1.82, 2.24) is 0 Å². The van der Waals surface area contributed by atoms with Gasteiger partial charge < -0.3 is 13.7 Å². The van der Waals surface area contributed by atoms with Gasteiger partial charge in [0.2, 0.25) is 9.84 Å². The highest BCUT2D eigenvalue weighted by Crippen LogP contribution is 2.49. The molecule has 0 unspecified atom stereocenters. The topological polar surface area (TPSA) is 43.4 Å². The molecule has 0 saturated carbocycles. The van der Waals surface area contributed by atoms with Gasteiger partial charge in [-0.05, 0) is 50.3 Å². The highest BCUT2D eigenvalue weighted by Gasteiger charge is 2.37. The van der Waals surface area contributed by atoms with Crippen LogP contribution in [0.1, 0.15) is 135 Å². The smallest absolute Gasteiger partial charge is 0.207 e.